The molecule has 9 nitrogen and oxygen atoms in total. The van der Waals surface area contributed by atoms with Gasteiger partial charge in [0.25, 0.3) is 0 Å². The van der Waals surface area contributed by atoms with Crippen LogP contribution < -0.4 is 34.7 Å². The number of amides is 1. The number of pyridine rings is 1. The van der Waals surface area contributed by atoms with Crippen LogP contribution in [0, 0.1) is 11.8 Å². The Balaban J connectivity index is 0.00000274. The van der Waals surface area contributed by atoms with Gasteiger partial charge in [0.15, 0.2) is 0 Å². The number of ketones is 1. The first-order chi connectivity index (χ1) is 15.7. The maximum atomic E-state index is 13.1. The number of fused-ring (bicyclic) bond motifs is 2. The Morgan fingerprint density at radius 3 is 2.71 bits per heavy atom. The first-order valence-electron chi connectivity index (χ1n) is 10.2. The maximum Gasteiger partial charge on any atom is 1.00 e. The molecule has 5 heterocycles. The van der Waals surface area contributed by atoms with Gasteiger partial charge in [-0.15, -0.1) is 23.1 Å². The largest absolute Gasteiger partial charge is 1.00 e. The molecule has 34 heavy (non-hydrogen) atoms. The van der Waals surface area contributed by atoms with Crippen LogP contribution in [0.25, 0.3) is 10.4 Å². The van der Waals surface area contributed by atoms with Gasteiger partial charge in [0.1, 0.15) is 16.9 Å². The van der Waals surface area contributed by atoms with Crippen LogP contribution in [-0.4, -0.2) is 60.4 Å². The van der Waals surface area contributed by atoms with E-state index in [2.05, 4.69) is 9.97 Å². The summed E-state index contributed by atoms with van der Waals surface area (Å²) >= 11 is 2.71. The molecule has 0 unspecified atom stereocenters. The molecule has 1 amide bonds. The fourth-order valence-corrected chi connectivity index (χ4v) is 6.38. The second kappa shape index (κ2) is 9.21. The van der Waals surface area contributed by atoms with Crippen LogP contribution in [0.1, 0.15) is 34.8 Å². The number of hydrogen-bond donors (Lipinski definition) is 1. The molecule has 1 fully saturated rings. The Morgan fingerprint density at radius 2 is 2.06 bits per heavy atom. The predicted molar refractivity (Wildman–Crippen MR) is 119 cm³/mol. The molecule has 1 N–H and O–H groups in total. The number of aliphatic hydroxyl groups is 1. The van der Waals surface area contributed by atoms with Crippen molar-refractivity contribution in [1.29, 1.82) is 0 Å². The molecule has 170 valence electrons. The maximum absolute atomic E-state index is 13.1. The van der Waals surface area contributed by atoms with Crippen LogP contribution in [0.2, 0.25) is 0 Å². The molecule has 2 aliphatic rings. The smallest absolute Gasteiger partial charge is 0.543 e. The minimum absolute atomic E-state index is 0. The zero-order valence-corrected chi connectivity index (χ0v) is 22.5. The molecular formula is C22H19N4NaO5S2. The van der Waals surface area contributed by atoms with Gasteiger partial charge in [0.05, 0.1) is 34.6 Å². The van der Waals surface area contributed by atoms with E-state index in [4.69, 9.17) is 0 Å². The van der Waals surface area contributed by atoms with Crippen LogP contribution >= 0.6 is 23.1 Å². The third-order valence-corrected chi connectivity index (χ3v) is 8.11. The zero-order chi connectivity index (χ0) is 23.6. The summed E-state index contributed by atoms with van der Waals surface area (Å²) in [5, 5.41) is 22.0. The first kappa shape index (κ1) is 25.1. The molecule has 5 rings (SSSR count). The van der Waals surface area contributed by atoms with Gasteiger partial charge in [0.2, 0.25) is 11.7 Å². The third kappa shape index (κ3) is 3.66. The molecule has 12 heteroatoms. The summed E-state index contributed by atoms with van der Waals surface area (Å²) in [4.78, 5) is 49.3. The number of thiazole rings is 1. The number of thioether (sulfide) groups is 1. The van der Waals surface area contributed by atoms with Crippen LogP contribution in [0.4, 0.5) is 0 Å². The number of aliphatic carboxylic acids is 1. The van der Waals surface area contributed by atoms with Crippen molar-refractivity contribution in [2.45, 2.75) is 30.9 Å². The Hall–Kier alpha value is -2.02. The average molecular weight is 507 g/mol. The molecule has 0 saturated carbocycles. The summed E-state index contributed by atoms with van der Waals surface area (Å²) in [6.45, 7) is 3.37. The minimum atomic E-state index is -1.44. The van der Waals surface area contributed by atoms with E-state index >= 15 is 0 Å². The molecule has 0 bridgehead atoms. The standard InChI is InChI=1S/C22H20N4O5S2.Na/c1-9-14(18(22(30)31)26-17(9)15(10(2)27)20(26)29)13-7-25-8-24-16(21(25)33-13)19(28)11-4-12(32-3)6-23-5-11;/h4-10,15,17,27H,1-3H3,(H,30,31);/q;+1/p-1/t9-,10+,15+,17+;/m0./s1. The van der Waals surface area contributed by atoms with Crippen molar-refractivity contribution in [3.63, 3.8) is 0 Å². The van der Waals surface area contributed by atoms with Gasteiger partial charge in [-0.2, -0.15) is 0 Å². The van der Waals surface area contributed by atoms with Crippen molar-refractivity contribution in [3.05, 3.63) is 52.8 Å². The van der Waals surface area contributed by atoms with Crippen LogP contribution in [0.3, 0.4) is 0 Å². The molecular weight excluding hydrogens is 487 g/mol. The summed E-state index contributed by atoms with van der Waals surface area (Å²) in [5.74, 6) is -3.13. The SMILES string of the molecule is CSc1cncc(C(=O)c2ncn3cc(C4=C(C(=O)[O-])N5C(=O)[C@H]([C@@H](C)O)[C@H]5[C@H]4C)sc23)c1.[Na+]. The van der Waals surface area contributed by atoms with Crippen molar-refractivity contribution < 1.29 is 54.2 Å². The van der Waals surface area contributed by atoms with Crippen molar-refractivity contribution in [2.24, 2.45) is 11.8 Å². The summed E-state index contributed by atoms with van der Waals surface area (Å²) in [5.41, 5.74) is 0.954. The summed E-state index contributed by atoms with van der Waals surface area (Å²) < 4.78 is 1.68. The number of aromatic nitrogens is 3. The molecule has 3 aromatic rings. The number of hydrogen-bond acceptors (Lipinski definition) is 9. The summed E-state index contributed by atoms with van der Waals surface area (Å²) in [6.07, 6.45) is 7.39. The Labute approximate surface area is 225 Å². The number of carboxylic acid groups (broad SMARTS) is 1. The van der Waals surface area contributed by atoms with E-state index in [1.807, 2.05) is 13.2 Å². The van der Waals surface area contributed by atoms with Crippen LogP contribution in [-0.2, 0) is 9.59 Å². The first-order valence-corrected chi connectivity index (χ1v) is 12.3. The Kier molecular flexibility index (Phi) is 6.80. The van der Waals surface area contributed by atoms with Gasteiger partial charge < -0.3 is 19.9 Å². The van der Waals surface area contributed by atoms with E-state index in [1.165, 1.54) is 47.4 Å². The topological polar surface area (TPSA) is 128 Å². The molecule has 1 saturated heterocycles. The number of aliphatic hydroxyl groups excluding tert-OH is 1. The van der Waals surface area contributed by atoms with Crippen LogP contribution in [0.15, 0.2) is 41.6 Å². The normalized spacial score (nSPS) is 22.4. The molecule has 0 aliphatic carbocycles. The number of carboxylic acids is 1. The molecule has 2 aliphatic heterocycles. The predicted octanol–water partition coefficient (Wildman–Crippen LogP) is -1.93. The second-order valence-electron chi connectivity index (χ2n) is 8.15. The van der Waals surface area contributed by atoms with E-state index in [0.717, 1.165) is 4.90 Å². The molecule has 0 aromatic carbocycles. The summed E-state index contributed by atoms with van der Waals surface area (Å²) in [6, 6.07) is 1.31. The molecule has 0 spiro atoms. The van der Waals surface area contributed by atoms with Crippen molar-refractivity contribution >= 4 is 51.2 Å². The van der Waals surface area contributed by atoms with E-state index in [-0.39, 0.29) is 52.6 Å². The number of nitrogens with zero attached hydrogens (tertiary/aromatic N) is 4. The molecule has 4 atom stereocenters. The fraction of sp³-hybridized carbons (Fsp3) is 0.318. The van der Waals surface area contributed by atoms with Gasteiger partial charge in [-0.05, 0) is 19.2 Å². The Bertz CT molecular complexity index is 1360. The van der Waals surface area contributed by atoms with Gasteiger partial charge >= 0.3 is 29.6 Å². The molecule has 3 aromatic heterocycles. The quantitative estimate of drug-likeness (QED) is 0.177. The monoisotopic (exact) mass is 506 g/mol. The number of rotatable bonds is 6. The van der Waals surface area contributed by atoms with E-state index in [0.29, 0.717) is 20.8 Å². The number of carbonyl (C=O) groups is 3. The minimum Gasteiger partial charge on any atom is -0.543 e. The van der Waals surface area contributed by atoms with E-state index in [1.54, 1.807) is 22.9 Å². The van der Waals surface area contributed by atoms with Crippen molar-refractivity contribution in [2.75, 3.05) is 6.26 Å². The Morgan fingerprint density at radius 1 is 1.32 bits per heavy atom. The third-order valence-electron chi connectivity index (χ3n) is 6.27. The van der Waals surface area contributed by atoms with E-state index in [9.17, 15) is 24.6 Å². The van der Waals surface area contributed by atoms with Gasteiger partial charge in [-0.25, -0.2) is 4.98 Å². The van der Waals surface area contributed by atoms with Gasteiger partial charge in [-0.1, -0.05) is 6.92 Å². The van der Waals surface area contributed by atoms with Crippen molar-refractivity contribution in [1.82, 2.24) is 19.3 Å². The van der Waals surface area contributed by atoms with Gasteiger partial charge in [-0.3, -0.25) is 19.0 Å². The number of carbonyl (C=O) groups excluding carboxylic acids is 3. The zero-order valence-electron chi connectivity index (χ0n) is 18.9. The van der Waals surface area contributed by atoms with Gasteiger partial charge in [0, 0.05) is 40.5 Å². The van der Waals surface area contributed by atoms with E-state index < -0.39 is 29.9 Å². The van der Waals surface area contributed by atoms with Crippen LogP contribution in [0.5, 0.6) is 0 Å². The number of imidazole rings is 1. The average Bonchev–Trinajstić information content (AvgIpc) is 3.42. The van der Waals surface area contributed by atoms with Crippen molar-refractivity contribution in [3.8, 4) is 0 Å². The fourth-order valence-electron chi connectivity index (χ4n) is 4.75. The molecule has 0 radical (unpaired) electrons. The number of β-lactam (4-membered cyclic amide) rings is 1. The summed E-state index contributed by atoms with van der Waals surface area (Å²) in [7, 11) is 0. The second-order valence-corrected chi connectivity index (χ2v) is 10.1.